The van der Waals surface area contributed by atoms with E-state index in [1.54, 1.807) is 48.5 Å². The summed E-state index contributed by atoms with van der Waals surface area (Å²) in [7, 11) is 5.85. The number of carboxylic acids is 2. The molecule has 2 rings (SSSR count). The van der Waals surface area contributed by atoms with Crippen molar-refractivity contribution in [3.05, 3.63) is 59.7 Å². The molecule has 0 aliphatic carbocycles. The highest BCUT2D eigenvalue weighted by molar-refractivity contribution is 8.85. The lowest BCUT2D eigenvalue weighted by Gasteiger charge is -2.06. The van der Waals surface area contributed by atoms with Gasteiger partial charge in [-0.1, -0.05) is 67.4 Å². The highest BCUT2D eigenvalue weighted by Gasteiger charge is 2.11. The van der Waals surface area contributed by atoms with Gasteiger partial charge in [-0.3, -0.25) is 0 Å². The van der Waals surface area contributed by atoms with Crippen molar-refractivity contribution in [1.82, 2.24) is 0 Å². The SMILES string of the molecule is O=C(O)c1ccccc1SSCSSc1ccccc1C(=O)O. The summed E-state index contributed by atoms with van der Waals surface area (Å²) >= 11 is 0. The number of hydrogen-bond acceptors (Lipinski definition) is 6. The van der Waals surface area contributed by atoms with E-state index in [-0.39, 0.29) is 0 Å². The molecule has 0 saturated carbocycles. The van der Waals surface area contributed by atoms with Crippen molar-refractivity contribution in [2.45, 2.75) is 9.79 Å². The molecule has 0 unspecified atom stereocenters. The van der Waals surface area contributed by atoms with Crippen molar-refractivity contribution in [2.75, 3.05) is 5.08 Å². The average Bonchev–Trinajstić information content (AvgIpc) is 2.55. The van der Waals surface area contributed by atoms with Crippen molar-refractivity contribution >= 4 is 55.1 Å². The Balaban J connectivity index is 1.83. The lowest BCUT2D eigenvalue weighted by atomic mass is 10.2. The number of benzene rings is 2. The van der Waals surface area contributed by atoms with Gasteiger partial charge in [0.05, 0.1) is 16.2 Å². The van der Waals surface area contributed by atoms with Crippen molar-refractivity contribution < 1.29 is 19.8 Å². The monoisotopic (exact) mass is 384 g/mol. The van der Waals surface area contributed by atoms with Gasteiger partial charge in [-0.15, -0.1) is 0 Å². The Morgan fingerprint density at radius 3 is 1.52 bits per heavy atom. The van der Waals surface area contributed by atoms with Gasteiger partial charge in [-0.2, -0.15) is 0 Å². The van der Waals surface area contributed by atoms with Crippen LogP contribution in [0.5, 0.6) is 0 Å². The molecule has 0 fully saturated rings. The van der Waals surface area contributed by atoms with Gasteiger partial charge in [-0.05, 0) is 24.3 Å². The van der Waals surface area contributed by atoms with E-state index in [0.29, 0.717) is 26.0 Å². The lowest BCUT2D eigenvalue weighted by Crippen LogP contribution is -1.97. The summed E-state index contributed by atoms with van der Waals surface area (Å²) in [4.78, 5) is 23.6. The molecule has 0 atom stereocenters. The molecule has 2 N–H and O–H groups in total. The first-order valence-corrected chi connectivity index (χ1v) is 11.0. The second-order valence-electron chi connectivity index (χ2n) is 4.12. The van der Waals surface area contributed by atoms with Crippen LogP contribution in [0, 0.1) is 0 Å². The van der Waals surface area contributed by atoms with E-state index >= 15 is 0 Å². The Kier molecular flexibility index (Phi) is 7.22. The fourth-order valence-electron chi connectivity index (χ4n) is 1.63. The third-order valence-electron chi connectivity index (χ3n) is 2.63. The Bertz CT molecular complexity index is 646. The molecule has 0 aliphatic rings. The van der Waals surface area contributed by atoms with Gasteiger partial charge in [-0.25, -0.2) is 9.59 Å². The number of carbonyl (C=O) groups is 2. The van der Waals surface area contributed by atoms with Crippen LogP contribution in [-0.4, -0.2) is 27.2 Å². The standard InChI is InChI=1S/C15H12O4S4/c16-14(17)10-5-1-3-7-12(10)22-20-9-21-23-13-8-4-2-6-11(13)15(18)19/h1-8H,9H2,(H,16,17)(H,18,19). The predicted octanol–water partition coefficient (Wildman–Crippen LogP) is 5.22. The first-order chi connectivity index (χ1) is 11.1. The molecule has 2 aromatic carbocycles. The zero-order chi connectivity index (χ0) is 16.7. The predicted molar refractivity (Wildman–Crippen MR) is 98.6 cm³/mol. The minimum atomic E-state index is -0.939. The van der Waals surface area contributed by atoms with Crippen LogP contribution in [-0.2, 0) is 0 Å². The highest BCUT2D eigenvalue weighted by atomic mass is 33.1. The zero-order valence-corrected chi connectivity index (χ0v) is 14.9. The van der Waals surface area contributed by atoms with E-state index in [4.69, 9.17) is 10.2 Å². The Morgan fingerprint density at radius 1 is 0.739 bits per heavy atom. The summed E-state index contributed by atoms with van der Waals surface area (Å²) < 4.78 is 0. The fourth-order valence-corrected chi connectivity index (χ4v) is 7.10. The number of hydrogen-bond donors (Lipinski definition) is 2. The van der Waals surface area contributed by atoms with Crippen LogP contribution >= 0.6 is 43.2 Å². The molecule has 0 radical (unpaired) electrons. The lowest BCUT2D eigenvalue weighted by molar-refractivity contribution is 0.0682. The van der Waals surface area contributed by atoms with E-state index in [1.807, 2.05) is 0 Å². The summed E-state index contributed by atoms with van der Waals surface area (Å²) in [5.74, 6) is -1.88. The minimum Gasteiger partial charge on any atom is -0.478 e. The van der Waals surface area contributed by atoms with Gasteiger partial charge in [0.25, 0.3) is 0 Å². The second kappa shape index (κ2) is 9.17. The maximum absolute atomic E-state index is 11.1. The molecular formula is C15H12O4S4. The van der Waals surface area contributed by atoms with Crippen molar-refractivity contribution in [3.8, 4) is 0 Å². The number of carboxylic acid groups (broad SMARTS) is 2. The molecule has 2 aromatic rings. The van der Waals surface area contributed by atoms with Crippen molar-refractivity contribution in [2.24, 2.45) is 0 Å². The summed E-state index contributed by atoms with van der Waals surface area (Å²) in [6, 6.07) is 13.7. The Hall–Kier alpha value is -1.22. The Labute approximate surface area is 149 Å². The van der Waals surface area contributed by atoms with E-state index < -0.39 is 11.9 Å². The molecule has 8 heteroatoms. The van der Waals surface area contributed by atoms with E-state index in [9.17, 15) is 9.59 Å². The zero-order valence-electron chi connectivity index (χ0n) is 11.7. The van der Waals surface area contributed by atoms with Crippen LogP contribution in [0.3, 0.4) is 0 Å². The van der Waals surface area contributed by atoms with Gasteiger partial charge in [0.1, 0.15) is 0 Å². The topological polar surface area (TPSA) is 74.6 Å². The first kappa shape index (κ1) is 18.1. The molecule has 23 heavy (non-hydrogen) atoms. The van der Waals surface area contributed by atoms with Crippen LogP contribution in [0.15, 0.2) is 58.3 Å². The van der Waals surface area contributed by atoms with Crippen molar-refractivity contribution in [3.63, 3.8) is 0 Å². The minimum absolute atomic E-state index is 0.291. The summed E-state index contributed by atoms with van der Waals surface area (Å²) in [5.41, 5.74) is 0.581. The van der Waals surface area contributed by atoms with Gasteiger partial charge in [0.2, 0.25) is 0 Å². The molecule has 0 aliphatic heterocycles. The molecule has 0 spiro atoms. The van der Waals surface area contributed by atoms with Gasteiger partial charge < -0.3 is 10.2 Å². The molecular weight excluding hydrogens is 372 g/mol. The third-order valence-corrected chi connectivity index (χ3v) is 8.22. The number of aromatic carboxylic acids is 2. The maximum Gasteiger partial charge on any atom is 0.336 e. The Morgan fingerprint density at radius 2 is 1.13 bits per heavy atom. The van der Waals surface area contributed by atoms with E-state index in [1.165, 1.54) is 43.2 Å². The van der Waals surface area contributed by atoms with Crippen LogP contribution < -0.4 is 0 Å². The van der Waals surface area contributed by atoms with Gasteiger partial charge >= 0.3 is 11.9 Å². The molecule has 120 valence electrons. The second-order valence-corrected chi connectivity index (χ2v) is 9.16. The van der Waals surface area contributed by atoms with Gasteiger partial charge in [0, 0.05) is 9.79 Å². The van der Waals surface area contributed by atoms with Crippen LogP contribution in [0.2, 0.25) is 0 Å². The fraction of sp³-hybridized carbons (Fsp3) is 0.0667. The highest BCUT2D eigenvalue weighted by Crippen LogP contribution is 2.41. The first-order valence-electron chi connectivity index (χ1n) is 6.33. The van der Waals surface area contributed by atoms with E-state index in [0.717, 1.165) is 0 Å². The summed E-state index contributed by atoms with van der Waals surface area (Å²) in [5, 5.41) is 18.9. The third kappa shape index (κ3) is 5.42. The summed E-state index contributed by atoms with van der Waals surface area (Å²) in [6.07, 6.45) is 0. The number of rotatable bonds is 8. The van der Waals surface area contributed by atoms with Crippen LogP contribution in [0.25, 0.3) is 0 Å². The average molecular weight is 385 g/mol. The van der Waals surface area contributed by atoms with Crippen molar-refractivity contribution in [1.29, 1.82) is 0 Å². The molecule has 4 nitrogen and oxygen atoms in total. The van der Waals surface area contributed by atoms with Crippen LogP contribution in [0.1, 0.15) is 20.7 Å². The smallest absolute Gasteiger partial charge is 0.336 e. The normalized spacial score (nSPS) is 10.4. The van der Waals surface area contributed by atoms with Crippen LogP contribution in [0.4, 0.5) is 0 Å². The van der Waals surface area contributed by atoms with Gasteiger partial charge in [0.15, 0.2) is 0 Å². The molecule has 0 amide bonds. The quantitative estimate of drug-likeness (QED) is 0.364. The largest absolute Gasteiger partial charge is 0.478 e. The maximum atomic E-state index is 11.1. The van der Waals surface area contributed by atoms with E-state index in [2.05, 4.69) is 0 Å². The summed E-state index contributed by atoms with van der Waals surface area (Å²) in [6.45, 7) is 0. The molecule has 0 heterocycles. The molecule has 0 aromatic heterocycles. The molecule has 0 saturated heterocycles. The molecule has 0 bridgehead atoms.